The second kappa shape index (κ2) is 4.42. The average molecular weight is 289 g/mol. The maximum Gasteiger partial charge on any atom is 0.451 e. The van der Waals surface area contributed by atoms with Crippen molar-refractivity contribution in [3.63, 3.8) is 0 Å². The summed E-state index contributed by atoms with van der Waals surface area (Å²) < 4.78 is 39.5. The highest BCUT2D eigenvalue weighted by molar-refractivity contribution is 5.07. The minimum absolute atomic E-state index is 0.143. The zero-order valence-corrected chi connectivity index (χ0v) is 11.3. The molecule has 1 atom stereocenters. The quantitative estimate of drug-likeness (QED) is 0.909. The molecule has 0 amide bonds. The van der Waals surface area contributed by atoms with Crippen molar-refractivity contribution in [2.75, 3.05) is 13.1 Å². The third kappa shape index (κ3) is 2.10. The molecule has 0 bridgehead atoms. The van der Waals surface area contributed by atoms with Crippen LogP contribution in [0.25, 0.3) is 0 Å². The van der Waals surface area contributed by atoms with E-state index in [1.54, 1.807) is 0 Å². The lowest BCUT2D eigenvalue weighted by molar-refractivity contribution is -0.148. The van der Waals surface area contributed by atoms with E-state index in [9.17, 15) is 13.2 Å². The molecule has 1 saturated carbocycles. The molecule has 1 aliphatic heterocycles. The molecule has 0 aromatic carbocycles. The molecule has 1 aliphatic carbocycles. The molecule has 5 nitrogen and oxygen atoms in total. The molecule has 0 spiro atoms. The summed E-state index contributed by atoms with van der Waals surface area (Å²) in [6, 6.07) is 0. The Bertz CT molecular complexity index is 508. The van der Waals surface area contributed by atoms with Gasteiger partial charge in [0.1, 0.15) is 5.82 Å². The predicted octanol–water partition coefficient (Wildman–Crippen LogP) is 1.24. The van der Waals surface area contributed by atoms with Crippen molar-refractivity contribution in [1.82, 2.24) is 19.7 Å². The highest BCUT2D eigenvalue weighted by Gasteiger charge is 2.47. The maximum absolute atomic E-state index is 12.8. The normalized spacial score (nSPS) is 23.4. The van der Waals surface area contributed by atoms with E-state index < -0.39 is 12.0 Å². The van der Waals surface area contributed by atoms with Gasteiger partial charge in [0.25, 0.3) is 0 Å². The zero-order chi connectivity index (χ0) is 14.5. The van der Waals surface area contributed by atoms with Crippen LogP contribution in [0.4, 0.5) is 13.2 Å². The zero-order valence-electron chi connectivity index (χ0n) is 11.3. The van der Waals surface area contributed by atoms with E-state index in [0.29, 0.717) is 31.4 Å². The third-order valence-corrected chi connectivity index (χ3v) is 4.60. The highest BCUT2D eigenvalue weighted by Crippen LogP contribution is 2.43. The van der Waals surface area contributed by atoms with Crippen LogP contribution in [0.1, 0.15) is 31.4 Å². The van der Waals surface area contributed by atoms with E-state index in [-0.39, 0.29) is 12.1 Å². The van der Waals surface area contributed by atoms with E-state index in [4.69, 9.17) is 5.73 Å². The molecule has 2 aliphatic rings. The fraction of sp³-hybridized carbons (Fsp3) is 0.833. The average Bonchev–Trinajstić information content (AvgIpc) is 3.15. The van der Waals surface area contributed by atoms with E-state index in [1.165, 1.54) is 4.57 Å². The molecular weight excluding hydrogens is 271 g/mol. The van der Waals surface area contributed by atoms with E-state index >= 15 is 0 Å². The lowest BCUT2D eigenvalue weighted by Crippen LogP contribution is -2.55. The first-order chi connectivity index (χ1) is 9.36. The highest BCUT2D eigenvalue weighted by atomic mass is 19.4. The summed E-state index contributed by atoms with van der Waals surface area (Å²) in [6.45, 7) is 3.81. The topological polar surface area (TPSA) is 60.0 Å². The fourth-order valence-corrected chi connectivity index (χ4v) is 3.06. The minimum atomic E-state index is -4.44. The summed E-state index contributed by atoms with van der Waals surface area (Å²) >= 11 is 0. The van der Waals surface area contributed by atoms with Crippen LogP contribution in [0.5, 0.6) is 0 Å². The van der Waals surface area contributed by atoms with Gasteiger partial charge in [-0.15, -0.1) is 10.2 Å². The van der Waals surface area contributed by atoms with Gasteiger partial charge in [-0.3, -0.25) is 4.90 Å². The molecule has 20 heavy (non-hydrogen) atoms. The van der Waals surface area contributed by atoms with Crippen LogP contribution in [-0.4, -0.2) is 38.3 Å². The van der Waals surface area contributed by atoms with Crippen molar-refractivity contribution >= 4 is 0 Å². The first kappa shape index (κ1) is 13.8. The van der Waals surface area contributed by atoms with Crippen LogP contribution < -0.4 is 5.73 Å². The monoisotopic (exact) mass is 289 g/mol. The van der Waals surface area contributed by atoms with Gasteiger partial charge in [0, 0.05) is 25.2 Å². The number of alkyl halides is 3. The fourth-order valence-electron chi connectivity index (χ4n) is 3.06. The van der Waals surface area contributed by atoms with Gasteiger partial charge in [-0.1, -0.05) is 0 Å². The third-order valence-electron chi connectivity index (χ3n) is 4.60. The van der Waals surface area contributed by atoms with Gasteiger partial charge in [0.15, 0.2) is 0 Å². The van der Waals surface area contributed by atoms with Crippen LogP contribution in [0, 0.1) is 5.92 Å². The van der Waals surface area contributed by atoms with Gasteiger partial charge < -0.3 is 10.3 Å². The molecule has 8 heteroatoms. The van der Waals surface area contributed by atoms with Crippen molar-refractivity contribution in [3.8, 4) is 0 Å². The summed E-state index contributed by atoms with van der Waals surface area (Å²) in [4.78, 5) is 2.16. The molecule has 0 radical (unpaired) electrons. The number of hydrogen-bond donors (Lipinski definition) is 1. The van der Waals surface area contributed by atoms with Gasteiger partial charge in [-0.05, 0) is 25.7 Å². The van der Waals surface area contributed by atoms with E-state index in [2.05, 4.69) is 22.0 Å². The van der Waals surface area contributed by atoms with Gasteiger partial charge in [-0.25, -0.2) is 0 Å². The molecule has 2 N–H and O–H groups in total. The van der Waals surface area contributed by atoms with Crippen LogP contribution >= 0.6 is 0 Å². The number of fused-ring (bicyclic) bond motifs is 1. The molecule has 2 heterocycles. The lowest BCUT2D eigenvalue weighted by Gasteiger charge is -2.43. The summed E-state index contributed by atoms with van der Waals surface area (Å²) in [5, 5.41) is 7.01. The number of halogens is 3. The number of nitrogens with two attached hydrogens (primary N) is 1. The minimum Gasteiger partial charge on any atom is -0.329 e. The Labute approximate surface area is 114 Å². The Kier molecular flexibility index (Phi) is 3.06. The summed E-state index contributed by atoms with van der Waals surface area (Å²) in [7, 11) is 0. The van der Waals surface area contributed by atoms with Crippen molar-refractivity contribution < 1.29 is 13.2 Å². The molecular formula is C12H18F3N5. The Morgan fingerprint density at radius 2 is 1.95 bits per heavy atom. The van der Waals surface area contributed by atoms with Crippen molar-refractivity contribution in [3.05, 3.63) is 11.6 Å². The summed E-state index contributed by atoms with van der Waals surface area (Å²) in [5.74, 6) is 0.0287. The standard InChI is InChI=1S/C12H18F3N5/c1-11(7-16,8-2-3-8)19-4-5-20-9(6-19)17-18-10(20)12(13,14)15/h8H,2-7,16H2,1H3. The first-order valence-corrected chi connectivity index (χ1v) is 6.80. The van der Waals surface area contributed by atoms with Gasteiger partial charge in [0.05, 0.1) is 6.54 Å². The second-order valence-electron chi connectivity index (χ2n) is 5.85. The Morgan fingerprint density at radius 3 is 2.50 bits per heavy atom. The first-order valence-electron chi connectivity index (χ1n) is 6.80. The molecule has 3 rings (SSSR count). The number of aromatic nitrogens is 3. The summed E-state index contributed by atoms with van der Waals surface area (Å²) in [6.07, 6.45) is -2.16. The SMILES string of the molecule is CC(CN)(C1CC1)N1CCn2c(nnc2C(F)(F)F)C1. The van der Waals surface area contributed by atoms with E-state index in [0.717, 1.165) is 12.8 Å². The summed E-state index contributed by atoms with van der Waals surface area (Å²) in [5.41, 5.74) is 5.77. The van der Waals surface area contributed by atoms with Crippen LogP contribution in [0.15, 0.2) is 0 Å². The molecule has 1 unspecified atom stereocenters. The van der Waals surface area contributed by atoms with Gasteiger partial charge >= 0.3 is 6.18 Å². The molecule has 1 fully saturated rings. The largest absolute Gasteiger partial charge is 0.451 e. The van der Waals surface area contributed by atoms with Crippen LogP contribution in [0.3, 0.4) is 0 Å². The number of nitrogens with zero attached hydrogens (tertiary/aromatic N) is 4. The Hall–Kier alpha value is -1.15. The van der Waals surface area contributed by atoms with Crippen molar-refractivity contribution in [2.45, 2.75) is 44.6 Å². The number of hydrogen-bond acceptors (Lipinski definition) is 4. The van der Waals surface area contributed by atoms with E-state index in [1.807, 2.05) is 0 Å². The number of rotatable bonds is 3. The van der Waals surface area contributed by atoms with Gasteiger partial charge in [-0.2, -0.15) is 13.2 Å². The Morgan fingerprint density at radius 1 is 1.25 bits per heavy atom. The molecule has 1 aromatic heterocycles. The lowest BCUT2D eigenvalue weighted by atomic mass is 9.92. The van der Waals surface area contributed by atoms with Crippen LogP contribution in [-0.2, 0) is 19.3 Å². The smallest absolute Gasteiger partial charge is 0.329 e. The van der Waals surface area contributed by atoms with Gasteiger partial charge in [0.2, 0.25) is 5.82 Å². The molecule has 1 aromatic rings. The van der Waals surface area contributed by atoms with Crippen molar-refractivity contribution in [2.24, 2.45) is 11.7 Å². The van der Waals surface area contributed by atoms with Crippen LogP contribution in [0.2, 0.25) is 0 Å². The Balaban J connectivity index is 1.84. The second-order valence-corrected chi connectivity index (χ2v) is 5.85. The molecule has 0 saturated heterocycles. The maximum atomic E-state index is 12.8. The molecule has 112 valence electrons. The predicted molar refractivity (Wildman–Crippen MR) is 65.6 cm³/mol. The van der Waals surface area contributed by atoms with Crippen molar-refractivity contribution in [1.29, 1.82) is 0 Å².